The molecule has 5 nitrogen and oxygen atoms in total. The van der Waals surface area contributed by atoms with Crippen molar-refractivity contribution < 1.29 is 14.6 Å². The van der Waals surface area contributed by atoms with Crippen LogP contribution in [0.1, 0.15) is 17.5 Å². The van der Waals surface area contributed by atoms with Gasteiger partial charge in [0.1, 0.15) is 11.5 Å². The number of hydrogen-bond donors (Lipinski definition) is 2. The summed E-state index contributed by atoms with van der Waals surface area (Å²) in [6.45, 7) is 3.08. The summed E-state index contributed by atoms with van der Waals surface area (Å²) in [4.78, 5) is 13.9. The SMILES string of the molecule is COc1ccc(C)cc1NCCC(=O)N(C)Cc1ccc(O)cc1. The van der Waals surface area contributed by atoms with E-state index in [1.54, 1.807) is 31.2 Å². The number of aryl methyl sites for hydroxylation is 1. The van der Waals surface area contributed by atoms with Crippen LogP contribution in [0, 0.1) is 6.92 Å². The van der Waals surface area contributed by atoms with E-state index < -0.39 is 0 Å². The van der Waals surface area contributed by atoms with Crippen LogP contribution < -0.4 is 10.1 Å². The first-order valence-corrected chi connectivity index (χ1v) is 7.90. The van der Waals surface area contributed by atoms with Crippen molar-refractivity contribution in [3.8, 4) is 11.5 Å². The Labute approximate surface area is 142 Å². The zero-order chi connectivity index (χ0) is 17.5. The number of nitrogens with zero attached hydrogens (tertiary/aromatic N) is 1. The Morgan fingerprint density at radius 3 is 2.58 bits per heavy atom. The molecule has 5 heteroatoms. The maximum Gasteiger partial charge on any atom is 0.224 e. The molecule has 1 amide bonds. The van der Waals surface area contributed by atoms with Gasteiger partial charge < -0.3 is 20.1 Å². The minimum Gasteiger partial charge on any atom is -0.508 e. The van der Waals surface area contributed by atoms with E-state index >= 15 is 0 Å². The number of methoxy groups -OCH3 is 1. The van der Waals surface area contributed by atoms with E-state index in [0.717, 1.165) is 22.6 Å². The van der Waals surface area contributed by atoms with Crippen LogP contribution in [-0.4, -0.2) is 36.6 Å². The Balaban J connectivity index is 1.84. The van der Waals surface area contributed by atoms with Gasteiger partial charge in [0.15, 0.2) is 0 Å². The third-order valence-corrected chi connectivity index (χ3v) is 3.79. The van der Waals surface area contributed by atoms with Crippen molar-refractivity contribution in [1.82, 2.24) is 4.90 Å². The van der Waals surface area contributed by atoms with E-state index in [1.165, 1.54) is 0 Å². The van der Waals surface area contributed by atoms with E-state index in [-0.39, 0.29) is 11.7 Å². The molecule has 128 valence electrons. The van der Waals surface area contributed by atoms with E-state index in [1.807, 2.05) is 37.3 Å². The molecule has 2 rings (SSSR count). The predicted octanol–water partition coefficient (Wildman–Crippen LogP) is 3.17. The van der Waals surface area contributed by atoms with Gasteiger partial charge in [-0.25, -0.2) is 0 Å². The molecule has 0 aliphatic heterocycles. The van der Waals surface area contributed by atoms with E-state index in [9.17, 15) is 9.90 Å². The second-order valence-electron chi connectivity index (χ2n) is 5.80. The molecule has 2 aromatic rings. The molecule has 0 saturated carbocycles. The summed E-state index contributed by atoms with van der Waals surface area (Å²) in [5.74, 6) is 1.05. The molecule has 0 fully saturated rings. The molecule has 2 N–H and O–H groups in total. The van der Waals surface area contributed by atoms with Crippen LogP contribution in [0.4, 0.5) is 5.69 Å². The Morgan fingerprint density at radius 2 is 1.92 bits per heavy atom. The summed E-state index contributed by atoms with van der Waals surface area (Å²) in [5, 5.41) is 12.5. The molecule has 0 aliphatic rings. The van der Waals surface area contributed by atoms with Crippen molar-refractivity contribution >= 4 is 11.6 Å². The van der Waals surface area contributed by atoms with Crippen LogP contribution in [0.15, 0.2) is 42.5 Å². The molecule has 0 unspecified atom stereocenters. The first-order chi connectivity index (χ1) is 11.5. The van der Waals surface area contributed by atoms with Gasteiger partial charge in [0.2, 0.25) is 5.91 Å². The van der Waals surface area contributed by atoms with E-state index in [2.05, 4.69) is 5.32 Å². The molecule has 0 spiro atoms. The average molecular weight is 328 g/mol. The van der Waals surface area contributed by atoms with Gasteiger partial charge in [0.25, 0.3) is 0 Å². The zero-order valence-corrected chi connectivity index (χ0v) is 14.4. The number of aromatic hydroxyl groups is 1. The van der Waals surface area contributed by atoms with Crippen molar-refractivity contribution in [2.45, 2.75) is 19.9 Å². The summed E-state index contributed by atoms with van der Waals surface area (Å²) in [5.41, 5.74) is 3.01. The van der Waals surface area contributed by atoms with Crippen LogP contribution >= 0.6 is 0 Å². The molecule has 0 saturated heterocycles. The summed E-state index contributed by atoms with van der Waals surface area (Å²) in [6, 6.07) is 12.8. The average Bonchev–Trinajstić information content (AvgIpc) is 2.57. The second-order valence-corrected chi connectivity index (χ2v) is 5.80. The van der Waals surface area contributed by atoms with Crippen molar-refractivity contribution in [3.05, 3.63) is 53.6 Å². The summed E-state index contributed by atoms with van der Waals surface area (Å²) in [6.07, 6.45) is 0.395. The highest BCUT2D eigenvalue weighted by molar-refractivity contribution is 5.76. The summed E-state index contributed by atoms with van der Waals surface area (Å²) >= 11 is 0. The highest BCUT2D eigenvalue weighted by Gasteiger charge is 2.10. The topological polar surface area (TPSA) is 61.8 Å². The van der Waals surface area contributed by atoms with Gasteiger partial charge in [-0.1, -0.05) is 18.2 Å². The third-order valence-electron chi connectivity index (χ3n) is 3.79. The number of phenolic OH excluding ortho intramolecular Hbond substituents is 1. The lowest BCUT2D eigenvalue weighted by atomic mass is 10.2. The zero-order valence-electron chi connectivity index (χ0n) is 14.4. The molecule has 0 atom stereocenters. The Morgan fingerprint density at radius 1 is 1.21 bits per heavy atom. The van der Waals surface area contributed by atoms with Crippen molar-refractivity contribution in [3.63, 3.8) is 0 Å². The Bertz CT molecular complexity index is 684. The predicted molar refractivity (Wildman–Crippen MR) is 95.4 cm³/mol. The van der Waals surface area contributed by atoms with Gasteiger partial charge in [0.05, 0.1) is 12.8 Å². The number of hydrogen-bond acceptors (Lipinski definition) is 4. The fraction of sp³-hybridized carbons (Fsp3) is 0.316. The molecule has 0 aliphatic carbocycles. The van der Waals surface area contributed by atoms with Gasteiger partial charge in [-0.2, -0.15) is 0 Å². The molecule has 0 bridgehead atoms. The summed E-state index contributed by atoms with van der Waals surface area (Å²) < 4.78 is 5.32. The standard InChI is InChI=1S/C19H24N2O3/c1-14-4-9-18(24-3)17(12-14)20-11-10-19(23)21(2)13-15-5-7-16(22)8-6-15/h4-9,12,20,22H,10-11,13H2,1-3H3. The van der Waals surface area contributed by atoms with Crippen LogP contribution in [0.25, 0.3) is 0 Å². The number of rotatable bonds is 7. The normalized spacial score (nSPS) is 10.3. The number of ether oxygens (including phenoxy) is 1. The maximum absolute atomic E-state index is 12.2. The van der Waals surface area contributed by atoms with Crippen molar-refractivity contribution in [2.75, 3.05) is 26.0 Å². The number of nitrogens with one attached hydrogen (secondary N) is 1. The lowest BCUT2D eigenvalue weighted by Gasteiger charge is -2.18. The Kier molecular flexibility index (Phi) is 6.07. The molecular formula is C19H24N2O3. The molecule has 24 heavy (non-hydrogen) atoms. The highest BCUT2D eigenvalue weighted by atomic mass is 16.5. The quantitative estimate of drug-likeness (QED) is 0.819. The lowest BCUT2D eigenvalue weighted by Crippen LogP contribution is -2.27. The Hall–Kier alpha value is -2.69. The summed E-state index contributed by atoms with van der Waals surface area (Å²) in [7, 11) is 3.41. The van der Waals surface area contributed by atoms with E-state index in [4.69, 9.17) is 4.74 Å². The van der Waals surface area contributed by atoms with Gasteiger partial charge in [-0.05, 0) is 42.3 Å². The molecule has 0 aromatic heterocycles. The fourth-order valence-corrected chi connectivity index (χ4v) is 2.42. The minimum atomic E-state index is 0.0576. The molecule has 0 radical (unpaired) electrons. The van der Waals surface area contributed by atoms with Crippen LogP contribution in [-0.2, 0) is 11.3 Å². The molecule has 0 heterocycles. The first-order valence-electron chi connectivity index (χ1n) is 7.90. The first kappa shape index (κ1) is 17.7. The smallest absolute Gasteiger partial charge is 0.224 e. The van der Waals surface area contributed by atoms with Gasteiger partial charge in [-0.15, -0.1) is 0 Å². The number of benzene rings is 2. The largest absolute Gasteiger partial charge is 0.508 e. The number of carbonyl (C=O) groups excluding carboxylic acids is 1. The number of amides is 1. The van der Waals surface area contributed by atoms with Gasteiger partial charge in [-0.3, -0.25) is 4.79 Å². The van der Waals surface area contributed by atoms with Crippen LogP contribution in [0.2, 0.25) is 0 Å². The number of anilines is 1. The van der Waals surface area contributed by atoms with Gasteiger partial charge in [0, 0.05) is 26.6 Å². The maximum atomic E-state index is 12.2. The number of phenols is 1. The highest BCUT2D eigenvalue weighted by Crippen LogP contribution is 2.25. The lowest BCUT2D eigenvalue weighted by molar-refractivity contribution is -0.130. The second kappa shape index (κ2) is 8.24. The molecule has 2 aromatic carbocycles. The number of carbonyl (C=O) groups is 1. The van der Waals surface area contributed by atoms with Gasteiger partial charge >= 0.3 is 0 Å². The third kappa shape index (κ3) is 4.91. The fourth-order valence-electron chi connectivity index (χ4n) is 2.42. The van der Waals surface area contributed by atoms with Crippen LogP contribution in [0.3, 0.4) is 0 Å². The van der Waals surface area contributed by atoms with Crippen molar-refractivity contribution in [2.24, 2.45) is 0 Å². The van der Waals surface area contributed by atoms with Crippen LogP contribution in [0.5, 0.6) is 11.5 Å². The minimum absolute atomic E-state index is 0.0576. The van der Waals surface area contributed by atoms with Crippen molar-refractivity contribution in [1.29, 1.82) is 0 Å². The monoisotopic (exact) mass is 328 g/mol. The van der Waals surface area contributed by atoms with E-state index in [0.29, 0.717) is 19.5 Å². The molecular weight excluding hydrogens is 304 g/mol.